The van der Waals surface area contributed by atoms with Crippen LogP contribution in [0.1, 0.15) is 15.9 Å². The van der Waals surface area contributed by atoms with Gasteiger partial charge in [-0.3, -0.25) is 9.78 Å². The average molecular weight is 347 g/mol. The third-order valence-electron chi connectivity index (χ3n) is 3.10. The number of rotatable bonds is 2. The van der Waals surface area contributed by atoms with Crippen molar-refractivity contribution in [2.75, 3.05) is 0 Å². The summed E-state index contributed by atoms with van der Waals surface area (Å²) in [5, 5.41) is 2.37. The molecule has 0 saturated carbocycles. The topological polar surface area (TPSA) is 30.0 Å². The molecule has 4 heteroatoms. The highest BCUT2D eigenvalue weighted by molar-refractivity contribution is 9.10. The zero-order chi connectivity index (χ0) is 14.1. The fraction of sp³-hybridized carbons (Fsp3) is 0. The van der Waals surface area contributed by atoms with Gasteiger partial charge >= 0.3 is 0 Å². The van der Waals surface area contributed by atoms with Crippen molar-refractivity contribution in [2.24, 2.45) is 0 Å². The van der Waals surface area contributed by atoms with Crippen LogP contribution in [0.25, 0.3) is 10.8 Å². The Morgan fingerprint density at radius 1 is 1.10 bits per heavy atom. The van der Waals surface area contributed by atoms with Crippen molar-refractivity contribution in [2.45, 2.75) is 0 Å². The van der Waals surface area contributed by atoms with Crippen LogP contribution in [0.4, 0.5) is 0 Å². The molecule has 0 aliphatic carbocycles. The van der Waals surface area contributed by atoms with Gasteiger partial charge in [0.1, 0.15) is 0 Å². The second kappa shape index (κ2) is 5.35. The molecule has 0 radical (unpaired) electrons. The summed E-state index contributed by atoms with van der Waals surface area (Å²) in [7, 11) is 0. The van der Waals surface area contributed by atoms with Crippen LogP contribution in [0, 0.1) is 0 Å². The highest BCUT2D eigenvalue weighted by Gasteiger charge is 2.15. The van der Waals surface area contributed by atoms with Crippen LogP contribution in [-0.2, 0) is 0 Å². The summed E-state index contributed by atoms with van der Waals surface area (Å²) in [5.41, 5.74) is 1.17. The summed E-state index contributed by atoms with van der Waals surface area (Å²) in [6.07, 6.45) is 3.42. The zero-order valence-corrected chi connectivity index (χ0v) is 12.6. The Kier molecular flexibility index (Phi) is 3.55. The van der Waals surface area contributed by atoms with Gasteiger partial charge in [0, 0.05) is 38.4 Å². The minimum Gasteiger partial charge on any atom is -0.289 e. The highest BCUT2D eigenvalue weighted by Crippen LogP contribution is 2.26. The van der Waals surface area contributed by atoms with E-state index in [0.717, 1.165) is 15.2 Å². The summed E-state index contributed by atoms with van der Waals surface area (Å²) < 4.78 is 0.729. The standard InChI is InChI=1S/C16H9BrClNO/c17-15-5-4-11(18)8-13(15)16(20)12-3-1-2-10-6-7-19-9-14(10)12/h1-9H. The van der Waals surface area contributed by atoms with Crippen molar-refractivity contribution in [3.05, 3.63) is 75.5 Å². The normalized spacial score (nSPS) is 10.7. The van der Waals surface area contributed by atoms with E-state index in [9.17, 15) is 4.79 Å². The number of nitrogens with zero attached hydrogens (tertiary/aromatic N) is 1. The van der Waals surface area contributed by atoms with Crippen LogP contribution in [0.15, 0.2) is 59.3 Å². The molecule has 2 nitrogen and oxygen atoms in total. The second-order valence-corrected chi connectivity index (χ2v) is 5.65. The van der Waals surface area contributed by atoms with E-state index in [1.807, 2.05) is 18.2 Å². The molecule has 0 atom stereocenters. The Hall–Kier alpha value is -1.71. The van der Waals surface area contributed by atoms with E-state index in [2.05, 4.69) is 20.9 Å². The molecule has 0 spiro atoms. The van der Waals surface area contributed by atoms with E-state index < -0.39 is 0 Å². The molecule has 1 aromatic heterocycles. The number of carbonyl (C=O) groups excluding carboxylic acids is 1. The van der Waals surface area contributed by atoms with Crippen molar-refractivity contribution < 1.29 is 4.79 Å². The van der Waals surface area contributed by atoms with Gasteiger partial charge in [0.25, 0.3) is 0 Å². The molecule has 2 aromatic carbocycles. The third-order valence-corrected chi connectivity index (χ3v) is 4.03. The second-order valence-electron chi connectivity index (χ2n) is 4.36. The first-order chi connectivity index (χ1) is 9.66. The Balaban J connectivity index is 2.20. The van der Waals surface area contributed by atoms with E-state index >= 15 is 0 Å². The Bertz CT molecular complexity index is 811. The molecule has 0 fully saturated rings. The van der Waals surface area contributed by atoms with Gasteiger partial charge in [0.05, 0.1) is 0 Å². The predicted octanol–water partition coefficient (Wildman–Crippen LogP) is 4.88. The van der Waals surface area contributed by atoms with Crippen molar-refractivity contribution >= 4 is 44.1 Å². The fourth-order valence-corrected chi connectivity index (χ4v) is 2.73. The maximum atomic E-state index is 12.7. The van der Waals surface area contributed by atoms with Crippen LogP contribution in [-0.4, -0.2) is 10.8 Å². The van der Waals surface area contributed by atoms with Gasteiger partial charge in [-0.25, -0.2) is 0 Å². The maximum Gasteiger partial charge on any atom is 0.194 e. The van der Waals surface area contributed by atoms with Crippen molar-refractivity contribution in [1.82, 2.24) is 4.98 Å². The predicted molar refractivity (Wildman–Crippen MR) is 84.3 cm³/mol. The van der Waals surface area contributed by atoms with Gasteiger partial charge < -0.3 is 0 Å². The lowest BCUT2D eigenvalue weighted by Crippen LogP contribution is -2.03. The maximum absolute atomic E-state index is 12.7. The minimum absolute atomic E-state index is 0.0713. The molecular formula is C16H9BrClNO. The van der Waals surface area contributed by atoms with Crippen LogP contribution in [0.2, 0.25) is 5.02 Å². The van der Waals surface area contributed by atoms with Crippen molar-refractivity contribution in [3.63, 3.8) is 0 Å². The smallest absolute Gasteiger partial charge is 0.194 e. The third kappa shape index (κ3) is 2.35. The summed E-state index contributed by atoms with van der Waals surface area (Å²) in [6, 6.07) is 12.7. The number of hydrogen-bond acceptors (Lipinski definition) is 2. The molecule has 3 rings (SSSR count). The van der Waals surface area contributed by atoms with Gasteiger partial charge in [0.2, 0.25) is 0 Å². The molecule has 0 unspecified atom stereocenters. The number of hydrogen-bond donors (Lipinski definition) is 0. The quantitative estimate of drug-likeness (QED) is 0.619. The number of benzene rings is 2. The van der Waals surface area contributed by atoms with Crippen LogP contribution >= 0.6 is 27.5 Å². The molecule has 0 amide bonds. The Morgan fingerprint density at radius 2 is 1.95 bits per heavy atom. The number of carbonyl (C=O) groups is 1. The lowest BCUT2D eigenvalue weighted by atomic mass is 9.98. The van der Waals surface area contributed by atoms with Gasteiger partial charge in [-0.1, -0.05) is 45.7 Å². The summed E-state index contributed by atoms with van der Waals surface area (Å²) >= 11 is 9.38. The first-order valence-electron chi connectivity index (χ1n) is 5.99. The van der Waals surface area contributed by atoms with Crippen molar-refractivity contribution in [1.29, 1.82) is 0 Å². The highest BCUT2D eigenvalue weighted by atomic mass is 79.9. The lowest BCUT2D eigenvalue weighted by molar-refractivity contribution is 0.103. The summed E-state index contributed by atoms with van der Waals surface area (Å²) in [4.78, 5) is 16.8. The van der Waals surface area contributed by atoms with E-state index in [1.54, 1.807) is 36.7 Å². The van der Waals surface area contributed by atoms with E-state index in [1.165, 1.54) is 0 Å². The molecule has 0 aliphatic heterocycles. The van der Waals surface area contributed by atoms with Crippen LogP contribution < -0.4 is 0 Å². The number of ketones is 1. The largest absolute Gasteiger partial charge is 0.289 e. The molecule has 3 aromatic rings. The molecule has 0 aliphatic rings. The number of halogens is 2. The molecule has 0 N–H and O–H groups in total. The first-order valence-corrected chi connectivity index (χ1v) is 7.16. The fourth-order valence-electron chi connectivity index (χ4n) is 2.13. The molecule has 20 heavy (non-hydrogen) atoms. The van der Waals surface area contributed by atoms with E-state index in [4.69, 9.17) is 11.6 Å². The molecule has 1 heterocycles. The SMILES string of the molecule is O=C(c1cc(Cl)ccc1Br)c1cccc2ccncc12. The number of aromatic nitrogens is 1. The van der Waals surface area contributed by atoms with E-state index in [0.29, 0.717) is 16.1 Å². The van der Waals surface area contributed by atoms with Gasteiger partial charge in [-0.05, 0) is 29.7 Å². The Labute approximate surface area is 129 Å². The van der Waals surface area contributed by atoms with Gasteiger partial charge in [-0.15, -0.1) is 0 Å². The van der Waals surface area contributed by atoms with E-state index in [-0.39, 0.29) is 5.78 Å². The Morgan fingerprint density at radius 3 is 2.80 bits per heavy atom. The molecule has 98 valence electrons. The molecule has 0 saturated heterocycles. The average Bonchev–Trinajstić information content (AvgIpc) is 2.48. The van der Waals surface area contributed by atoms with Crippen molar-refractivity contribution in [3.8, 4) is 0 Å². The molecule has 0 bridgehead atoms. The number of fused-ring (bicyclic) bond motifs is 1. The minimum atomic E-state index is -0.0713. The lowest BCUT2D eigenvalue weighted by Gasteiger charge is -2.07. The first kappa shape index (κ1) is 13.3. The summed E-state index contributed by atoms with van der Waals surface area (Å²) in [5.74, 6) is -0.0713. The zero-order valence-electron chi connectivity index (χ0n) is 10.3. The molecular weight excluding hydrogens is 338 g/mol. The van der Waals surface area contributed by atoms with Gasteiger partial charge in [-0.2, -0.15) is 0 Å². The monoisotopic (exact) mass is 345 g/mol. The van der Waals surface area contributed by atoms with Crippen LogP contribution in [0.3, 0.4) is 0 Å². The van der Waals surface area contributed by atoms with Crippen LogP contribution in [0.5, 0.6) is 0 Å². The van der Waals surface area contributed by atoms with Gasteiger partial charge in [0.15, 0.2) is 5.78 Å². The number of pyridine rings is 1. The summed E-state index contributed by atoms with van der Waals surface area (Å²) in [6.45, 7) is 0.